The number of carbonyl (C=O) groups excluding carboxylic acids is 1. The van der Waals surface area contributed by atoms with Crippen LogP contribution in [0.15, 0.2) is 24.5 Å². The first-order valence-electron chi connectivity index (χ1n) is 14.4. The molecule has 2 aliphatic heterocycles. The minimum Gasteiger partial charge on any atom is -0.492 e. The number of nitrogens with zero attached hydrogens (tertiary/aromatic N) is 3. The number of hydrogen-bond acceptors (Lipinski definition) is 8. The van der Waals surface area contributed by atoms with Crippen LogP contribution in [0.5, 0.6) is 17.5 Å². The minimum atomic E-state index is -2.56. The van der Waals surface area contributed by atoms with Crippen molar-refractivity contribution in [1.29, 1.82) is 0 Å². The summed E-state index contributed by atoms with van der Waals surface area (Å²) in [6.45, 7) is 4.95. The lowest BCUT2D eigenvalue weighted by Crippen LogP contribution is -2.36. The number of methoxy groups -OCH3 is 1. The summed E-state index contributed by atoms with van der Waals surface area (Å²) in [7, 11) is 1.59. The average molecular weight is 560 g/mol. The summed E-state index contributed by atoms with van der Waals surface area (Å²) in [6, 6.07) is 3.85. The molecule has 0 amide bonds. The van der Waals surface area contributed by atoms with E-state index in [0.29, 0.717) is 62.5 Å². The predicted octanol–water partition coefficient (Wildman–Crippen LogP) is 5.89. The molecule has 2 fully saturated rings. The Morgan fingerprint density at radius 2 is 1.80 bits per heavy atom. The summed E-state index contributed by atoms with van der Waals surface area (Å²) >= 11 is 0. The van der Waals surface area contributed by atoms with Crippen LogP contribution in [0.4, 0.5) is 14.5 Å². The Labute approximate surface area is 234 Å². The standard InChI is InChI=1S/C30H39F2N3O5/c1-3-38-29(36)14-22-8-13-39-26-18-34-28(15-23(22)26)40-19-20-6-11-35(12-7-20)25-16-27(37-2)33-17-24(25)21-4-9-30(31,32)10-5-21/h15-18,20-22H,3-14,19H2,1-2H3. The molecule has 1 aliphatic carbocycles. The van der Waals surface area contributed by atoms with Crippen LogP contribution in [-0.2, 0) is 9.53 Å². The first-order valence-corrected chi connectivity index (χ1v) is 14.4. The van der Waals surface area contributed by atoms with Crippen LogP contribution in [0.2, 0.25) is 0 Å². The van der Waals surface area contributed by atoms with E-state index < -0.39 is 5.92 Å². The van der Waals surface area contributed by atoms with Gasteiger partial charge in [0.15, 0.2) is 0 Å². The SMILES string of the molecule is CCOC(=O)CC1CCOc2cnc(OCC3CCN(c4cc(OC)ncc4C4CCC(F)(F)CC4)CC3)cc21. The van der Waals surface area contributed by atoms with Crippen molar-refractivity contribution in [3.8, 4) is 17.5 Å². The summed E-state index contributed by atoms with van der Waals surface area (Å²) in [6.07, 6.45) is 7.23. The van der Waals surface area contributed by atoms with Gasteiger partial charge < -0.3 is 23.8 Å². The summed E-state index contributed by atoms with van der Waals surface area (Å²) in [5.41, 5.74) is 3.04. The van der Waals surface area contributed by atoms with Gasteiger partial charge in [-0.05, 0) is 56.4 Å². The van der Waals surface area contributed by atoms with Gasteiger partial charge in [-0.1, -0.05) is 0 Å². The van der Waals surface area contributed by atoms with Gasteiger partial charge in [-0.2, -0.15) is 0 Å². The zero-order chi connectivity index (χ0) is 28.1. The van der Waals surface area contributed by atoms with Gasteiger partial charge in [0.25, 0.3) is 0 Å². The van der Waals surface area contributed by atoms with Crippen molar-refractivity contribution < 1.29 is 32.5 Å². The number of fused-ring (bicyclic) bond motifs is 1. The van der Waals surface area contributed by atoms with E-state index in [9.17, 15) is 13.6 Å². The van der Waals surface area contributed by atoms with Crippen molar-refractivity contribution in [3.63, 3.8) is 0 Å². The lowest BCUT2D eigenvalue weighted by Gasteiger charge is -2.37. The third-order valence-corrected chi connectivity index (χ3v) is 8.43. The van der Waals surface area contributed by atoms with Crippen LogP contribution >= 0.6 is 0 Å². The molecule has 5 rings (SSSR count). The number of ether oxygens (including phenoxy) is 4. The van der Waals surface area contributed by atoms with Gasteiger partial charge in [-0.15, -0.1) is 0 Å². The molecule has 1 saturated carbocycles. The Morgan fingerprint density at radius 1 is 1.05 bits per heavy atom. The summed E-state index contributed by atoms with van der Waals surface area (Å²) < 4.78 is 50.0. The normalized spacial score (nSPS) is 21.3. The zero-order valence-electron chi connectivity index (χ0n) is 23.4. The van der Waals surface area contributed by atoms with Crippen LogP contribution in [-0.4, -0.2) is 61.9 Å². The van der Waals surface area contributed by atoms with Gasteiger partial charge in [0.2, 0.25) is 17.7 Å². The highest BCUT2D eigenvalue weighted by Gasteiger charge is 2.37. The van der Waals surface area contributed by atoms with Crippen LogP contribution < -0.4 is 19.1 Å². The van der Waals surface area contributed by atoms with Gasteiger partial charge in [-0.25, -0.2) is 18.7 Å². The Morgan fingerprint density at radius 3 is 2.52 bits per heavy atom. The van der Waals surface area contributed by atoms with Crippen LogP contribution in [0.1, 0.15) is 81.3 Å². The third kappa shape index (κ3) is 6.75. The predicted molar refractivity (Wildman–Crippen MR) is 146 cm³/mol. The number of alkyl halides is 2. The van der Waals surface area contributed by atoms with Crippen molar-refractivity contribution in [1.82, 2.24) is 9.97 Å². The highest BCUT2D eigenvalue weighted by molar-refractivity contribution is 5.71. The second kappa shape index (κ2) is 12.6. The molecule has 2 aromatic rings. The van der Waals surface area contributed by atoms with E-state index in [1.54, 1.807) is 13.3 Å². The first kappa shape index (κ1) is 28.4. The molecule has 40 heavy (non-hydrogen) atoms. The average Bonchev–Trinajstić information content (AvgIpc) is 2.96. The van der Waals surface area contributed by atoms with Gasteiger partial charge in [0.05, 0.1) is 39.5 Å². The second-order valence-electron chi connectivity index (χ2n) is 11.1. The van der Waals surface area contributed by atoms with E-state index in [1.807, 2.05) is 25.3 Å². The highest BCUT2D eigenvalue weighted by atomic mass is 19.3. The van der Waals surface area contributed by atoms with Gasteiger partial charge >= 0.3 is 5.97 Å². The van der Waals surface area contributed by atoms with E-state index in [4.69, 9.17) is 18.9 Å². The molecular formula is C30H39F2N3O5. The molecule has 1 saturated heterocycles. The maximum Gasteiger partial charge on any atom is 0.306 e. The molecule has 0 radical (unpaired) electrons. The number of halogens is 2. The van der Waals surface area contributed by atoms with Crippen LogP contribution in [0, 0.1) is 5.92 Å². The molecule has 218 valence electrons. The van der Waals surface area contributed by atoms with E-state index in [2.05, 4.69) is 14.9 Å². The maximum atomic E-state index is 13.8. The lowest BCUT2D eigenvalue weighted by atomic mass is 9.82. The number of carbonyl (C=O) groups is 1. The zero-order valence-corrected chi connectivity index (χ0v) is 23.4. The smallest absolute Gasteiger partial charge is 0.306 e. The number of hydrogen-bond donors (Lipinski definition) is 0. The number of esters is 1. The monoisotopic (exact) mass is 559 g/mol. The van der Waals surface area contributed by atoms with E-state index >= 15 is 0 Å². The Bertz CT molecular complexity index is 1160. The third-order valence-electron chi connectivity index (χ3n) is 8.43. The molecule has 2 aromatic heterocycles. The van der Waals surface area contributed by atoms with Crippen LogP contribution in [0.25, 0.3) is 0 Å². The Balaban J connectivity index is 1.19. The molecule has 0 N–H and O–H groups in total. The number of aromatic nitrogens is 2. The fraction of sp³-hybridized carbons (Fsp3) is 0.633. The molecule has 0 spiro atoms. The van der Waals surface area contributed by atoms with Gasteiger partial charge in [0, 0.05) is 61.4 Å². The van der Waals surface area contributed by atoms with Gasteiger partial charge in [-0.3, -0.25) is 4.79 Å². The second-order valence-corrected chi connectivity index (χ2v) is 11.1. The van der Waals surface area contributed by atoms with Crippen LogP contribution in [0.3, 0.4) is 0 Å². The molecule has 1 unspecified atom stereocenters. The number of pyridine rings is 2. The fourth-order valence-corrected chi connectivity index (χ4v) is 6.09. The molecular weight excluding hydrogens is 520 g/mol. The minimum absolute atomic E-state index is 0.0262. The number of rotatable bonds is 9. The Kier molecular flexibility index (Phi) is 8.90. The fourth-order valence-electron chi connectivity index (χ4n) is 6.09. The van der Waals surface area contributed by atoms with E-state index in [1.165, 1.54) is 0 Å². The largest absolute Gasteiger partial charge is 0.492 e. The van der Waals surface area contributed by atoms with E-state index in [-0.39, 0.29) is 30.6 Å². The highest BCUT2D eigenvalue weighted by Crippen LogP contribution is 2.44. The maximum absolute atomic E-state index is 13.8. The Hall–Kier alpha value is -3.17. The number of anilines is 1. The first-order chi connectivity index (χ1) is 19.3. The lowest BCUT2D eigenvalue weighted by molar-refractivity contribution is -0.143. The van der Waals surface area contributed by atoms with Gasteiger partial charge in [0.1, 0.15) is 5.75 Å². The molecule has 3 aliphatic rings. The molecule has 1 atom stereocenters. The van der Waals surface area contributed by atoms with Crippen molar-refractivity contribution in [2.24, 2.45) is 5.92 Å². The molecule has 0 aromatic carbocycles. The summed E-state index contributed by atoms with van der Waals surface area (Å²) in [5, 5.41) is 0. The van der Waals surface area contributed by atoms with Crippen molar-refractivity contribution in [3.05, 3.63) is 35.7 Å². The molecule has 4 heterocycles. The topological polar surface area (TPSA) is 83.0 Å². The van der Waals surface area contributed by atoms with Crippen molar-refractivity contribution in [2.45, 2.75) is 76.0 Å². The van der Waals surface area contributed by atoms with E-state index in [0.717, 1.165) is 49.2 Å². The number of piperidine rings is 1. The quantitative estimate of drug-likeness (QED) is 0.352. The summed E-state index contributed by atoms with van der Waals surface area (Å²) in [4.78, 5) is 23.3. The molecule has 0 bridgehead atoms. The van der Waals surface area contributed by atoms with Crippen molar-refractivity contribution >= 4 is 11.7 Å². The molecule has 10 heteroatoms. The van der Waals surface area contributed by atoms with Crippen molar-refractivity contribution in [2.75, 3.05) is 44.9 Å². The summed E-state index contributed by atoms with van der Waals surface area (Å²) in [5.74, 6) is -0.518. The molecule has 8 nitrogen and oxygen atoms in total.